The average molecular weight is 230 g/mol. The van der Waals surface area contributed by atoms with Crippen molar-refractivity contribution in [3.8, 4) is 0 Å². The molecule has 0 fully saturated rings. The molecule has 92 valence electrons. The Bertz CT molecular complexity index is 365. The SMILES string of the molecule is C=C/C=C(\C=C/C)C(=O)C1=CCCC=C1.CC. The number of ketones is 1. The van der Waals surface area contributed by atoms with Gasteiger partial charge >= 0.3 is 0 Å². The minimum absolute atomic E-state index is 0.0731. The fourth-order valence-electron chi connectivity index (χ4n) is 1.46. The standard InChI is InChI=1S/C14H16O.C2H6/c1-3-8-12(9-4-2)14(15)13-10-6-5-7-11-13;1-2/h3-4,6,8-11H,1,5,7H2,2H3;1-2H3/b9-4-,12-8+;. The van der Waals surface area contributed by atoms with Gasteiger partial charge in [0.05, 0.1) is 0 Å². The molecule has 0 unspecified atom stereocenters. The number of allylic oxidation sites excluding steroid dienone is 9. The highest BCUT2D eigenvalue weighted by molar-refractivity contribution is 6.12. The van der Waals surface area contributed by atoms with Crippen molar-refractivity contribution in [2.75, 3.05) is 0 Å². The van der Waals surface area contributed by atoms with E-state index >= 15 is 0 Å². The summed E-state index contributed by atoms with van der Waals surface area (Å²) in [6.45, 7) is 9.51. The van der Waals surface area contributed by atoms with Gasteiger partial charge in [-0.15, -0.1) is 0 Å². The van der Waals surface area contributed by atoms with Crippen LogP contribution in [0.3, 0.4) is 0 Å². The molecule has 1 aliphatic carbocycles. The van der Waals surface area contributed by atoms with Crippen LogP contribution in [-0.2, 0) is 4.79 Å². The van der Waals surface area contributed by atoms with E-state index in [4.69, 9.17) is 0 Å². The number of carbonyl (C=O) groups excluding carboxylic acids is 1. The van der Waals surface area contributed by atoms with Crippen molar-refractivity contribution in [3.05, 3.63) is 60.3 Å². The molecule has 1 nitrogen and oxygen atoms in total. The van der Waals surface area contributed by atoms with Crippen LogP contribution in [0.25, 0.3) is 0 Å². The number of Topliss-reactive ketones (excluding diaryl/α,β-unsaturated/α-hetero) is 1. The van der Waals surface area contributed by atoms with Crippen molar-refractivity contribution in [1.29, 1.82) is 0 Å². The van der Waals surface area contributed by atoms with E-state index in [1.54, 1.807) is 12.2 Å². The maximum Gasteiger partial charge on any atom is 0.192 e. The predicted octanol–water partition coefficient (Wildman–Crippen LogP) is 4.55. The summed E-state index contributed by atoms with van der Waals surface area (Å²) < 4.78 is 0. The van der Waals surface area contributed by atoms with E-state index in [0.29, 0.717) is 5.57 Å². The maximum atomic E-state index is 12.0. The maximum absolute atomic E-state index is 12.0. The van der Waals surface area contributed by atoms with Crippen LogP contribution in [0.2, 0.25) is 0 Å². The van der Waals surface area contributed by atoms with E-state index in [9.17, 15) is 4.79 Å². The fraction of sp³-hybridized carbons (Fsp3) is 0.312. The monoisotopic (exact) mass is 230 g/mol. The zero-order chi connectivity index (χ0) is 13.1. The van der Waals surface area contributed by atoms with E-state index in [1.807, 2.05) is 51.2 Å². The Balaban J connectivity index is 0.00000121. The third-order valence-corrected chi connectivity index (χ3v) is 2.16. The lowest BCUT2D eigenvalue weighted by Crippen LogP contribution is -2.04. The Morgan fingerprint density at radius 2 is 2.06 bits per heavy atom. The Hall–Kier alpha value is -1.63. The number of rotatable bonds is 4. The first kappa shape index (κ1) is 15.4. The van der Waals surface area contributed by atoms with Crippen molar-refractivity contribution >= 4 is 5.78 Å². The molecule has 0 aliphatic heterocycles. The van der Waals surface area contributed by atoms with Crippen molar-refractivity contribution < 1.29 is 4.79 Å². The van der Waals surface area contributed by atoms with Crippen LogP contribution in [0.15, 0.2) is 60.3 Å². The molecule has 0 spiro atoms. The number of carbonyl (C=O) groups is 1. The van der Waals surface area contributed by atoms with Crippen LogP contribution in [0, 0.1) is 0 Å². The third kappa shape index (κ3) is 5.30. The lowest BCUT2D eigenvalue weighted by atomic mass is 9.98. The molecule has 0 aromatic carbocycles. The smallest absolute Gasteiger partial charge is 0.192 e. The zero-order valence-electron chi connectivity index (χ0n) is 11.1. The molecule has 0 aromatic heterocycles. The van der Waals surface area contributed by atoms with Crippen molar-refractivity contribution in [1.82, 2.24) is 0 Å². The Morgan fingerprint density at radius 1 is 1.35 bits per heavy atom. The normalized spacial score (nSPS) is 15.0. The first-order chi connectivity index (χ1) is 8.29. The molecule has 0 heterocycles. The summed E-state index contributed by atoms with van der Waals surface area (Å²) in [5.41, 5.74) is 1.47. The zero-order valence-corrected chi connectivity index (χ0v) is 11.1. The average Bonchev–Trinajstić information content (AvgIpc) is 2.41. The molecule has 17 heavy (non-hydrogen) atoms. The predicted molar refractivity (Wildman–Crippen MR) is 75.9 cm³/mol. The van der Waals surface area contributed by atoms with Gasteiger partial charge in [0, 0.05) is 11.1 Å². The third-order valence-electron chi connectivity index (χ3n) is 2.16. The van der Waals surface area contributed by atoms with Gasteiger partial charge in [0.25, 0.3) is 0 Å². The van der Waals surface area contributed by atoms with Crippen LogP contribution >= 0.6 is 0 Å². The van der Waals surface area contributed by atoms with Gasteiger partial charge in [0.15, 0.2) is 5.78 Å². The van der Waals surface area contributed by atoms with E-state index in [0.717, 1.165) is 18.4 Å². The Kier molecular flexibility index (Phi) is 8.67. The quantitative estimate of drug-likeness (QED) is 0.511. The number of hydrogen-bond acceptors (Lipinski definition) is 1. The second-order valence-corrected chi connectivity index (χ2v) is 3.33. The molecule has 0 saturated heterocycles. The van der Waals surface area contributed by atoms with Gasteiger partial charge in [0.2, 0.25) is 0 Å². The highest BCUT2D eigenvalue weighted by atomic mass is 16.1. The first-order valence-corrected chi connectivity index (χ1v) is 6.16. The van der Waals surface area contributed by atoms with Crippen molar-refractivity contribution in [2.24, 2.45) is 0 Å². The molecule has 1 rings (SSSR count). The van der Waals surface area contributed by atoms with E-state index in [2.05, 4.69) is 6.58 Å². The summed E-state index contributed by atoms with van der Waals surface area (Å²) in [5.74, 6) is 0.0731. The van der Waals surface area contributed by atoms with Gasteiger partial charge in [-0.1, -0.05) is 63.0 Å². The topological polar surface area (TPSA) is 17.1 Å². The van der Waals surface area contributed by atoms with Crippen molar-refractivity contribution in [2.45, 2.75) is 33.6 Å². The summed E-state index contributed by atoms with van der Waals surface area (Å²) in [4.78, 5) is 12.0. The summed E-state index contributed by atoms with van der Waals surface area (Å²) >= 11 is 0. The van der Waals surface area contributed by atoms with Crippen molar-refractivity contribution in [3.63, 3.8) is 0 Å². The Morgan fingerprint density at radius 3 is 2.53 bits per heavy atom. The fourth-order valence-corrected chi connectivity index (χ4v) is 1.46. The molecular weight excluding hydrogens is 208 g/mol. The van der Waals surface area contributed by atoms with Crippen LogP contribution < -0.4 is 0 Å². The molecule has 0 saturated carbocycles. The minimum Gasteiger partial charge on any atom is -0.289 e. The summed E-state index contributed by atoms with van der Waals surface area (Å²) in [5, 5.41) is 0. The van der Waals surface area contributed by atoms with Gasteiger partial charge in [-0.2, -0.15) is 0 Å². The highest BCUT2D eigenvalue weighted by Gasteiger charge is 2.10. The van der Waals surface area contributed by atoms with Gasteiger partial charge in [0.1, 0.15) is 0 Å². The van der Waals surface area contributed by atoms with Crippen LogP contribution in [0.5, 0.6) is 0 Å². The van der Waals surface area contributed by atoms with Gasteiger partial charge in [-0.3, -0.25) is 4.79 Å². The molecule has 0 bridgehead atoms. The molecule has 1 heteroatoms. The lowest BCUT2D eigenvalue weighted by molar-refractivity contribution is -0.111. The second-order valence-electron chi connectivity index (χ2n) is 3.33. The van der Waals surface area contributed by atoms with Crippen LogP contribution in [0.4, 0.5) is 0 Å². The molecular formula is C16H22O. The van der Waals surface area contributed by atoms with Gasteiger partial charge < -0.3 is 0 Å². The lowest BCUT2D eigenvalue weighted by Gasteiger charge is -2.06. The van der Waals surface area contributed by atoms with E-state index in [1.165, 1.54) is 0 Å². The van der Waals surface area contributed by atoms with Gasteiger partial charge in [-0.05, 0) is 19.8 Å². The molecule has 0 aromatic rings. The number of hydrogen-bond donors (Lipinski definition) is 0. The molecule has 0 radical (unpaired) electrons. The molecule has 0 atom stereocenters. The summed E-state index contributed by atoms with van der Waals surface area (Å²) in [6, 6.07) is 0. The van der Waals surface area contributed by atoms with Crippen LogP contribution in [0.1, 0.15) is 33.6 Å². The molecule has 1 aliphatic rings. The van der Waals surface area contributed by atoms with Gasteiger partial charge in [-0.25, -0.2) is 0 Å². The summed E-state index contributed by atoms with van der Waals surface area (Å²) in [7, 11) is 0. The van der Waals surface area contributed by atoms with E-state index < -0.39 is 0 Å². The minimum atomic E-state index is 0.0731. The molecule has 0 N–H and O–H groups in total. The first-order valence-electron chi connectivity index (χ1n) is 6.16. The second kappa shape index (κ2) is 9.59. The summed E-state index contributed by atoms with van der Waals surface area (Å²) in [6.07, 6.45) is 15.0. The Labute approximate surface area is 105 Å². The largest absolute Gasteiger partial charge is 0.289 e. The van der Waals surface area contributed by atoms with E-state index in [-0.39, 0.29) is 5.78 Å². The molecule has 0 amide bonds. The highest BCUT2D eigenvalue weighted by Crippen LogP contribution is 2.15. The van der Waals surface area contributed by atoms with Crippen LogP contribution in [-0.4, -0.2) is 5.78 Å².